The van der Waals surface area contributed by atoms with Crippen molar-refractivity contribution in [1.82, 2.24) is 0 Å². The van der Waals surface area contributed by atoms with Crippen molar-refractivity contribution in [3.05, 3.63) is 0 Å². The molecule has 0 unspecified atom stereocenters. The van der Waals surface area contributed by atoms with Gasteiger partial charge in [-0.3, -0.25) is 0 Å². The first-order chi connectivity index (χ1) is 6.03. The van der Waals surface area contributed by atoms with Gasteiger partial charge in [0.05, 0.1) is 0 Å². The fourth-order valence-electron chi connectivity index (χ4n) is 1.65. The average molecular weight is 251 g/mol. The van der Waals surface area contributed by atoms with Crippen molar-refractivity contribution in [2.24, 2.45) is 0 Å². The van der Waals surface area contributed by atoms with E-state index in [9.17, 15) is 4.79 Å². The summed E-state index contributed by atoms with van der Waals surface area (Å²) in [4.78, 5) is 11.3. The Bertz CT molecular complexity index is 240. The lowest BCUT2D eigenvalue weighted by Crippen LogP contribution is -2.30. The highest BCUT2D eigenvalue weighted by molar-refractivity contribution is 9.09. The highest BCUT2D eigenvalue weighted by atomic mass is 79.9. The van der Waals surface area contributed by atoms with Gasteiger partial charge in [0, 0.05) is 5.33 Å². The van der Waals surface area contributed by atoms with Crippen LogP contribution in [-0.4, -0.2) is 35.4 Å². The van der Waals surface area contributed by atoms with Gasteiger partial charge in [-0.05, 0) is 13.8 Å². The minimum atomic E-state index is -0.671. The third-order valence-electron chi connectivity index (χ3n) is 2.15. The van der Waals surface area contributed by atoms with Crippen LogP contribution in [0.5, 0.6) is 0 Å². The molecule has 2 saturated heterocycles. The van der Waals surface area contributed by atoms with E-state index in [1.54, 1.807) is 13.8 Å². The van der Waals surface area contributed by atoms with Gasteiger partial charge in [0.15, 0.2) is 11.9 Å². The second-order valence-corrected chi connectivity index (χ2v) is 4.30. The van der Waals surface area contributed by atoms with Crippen molar-refractivity contribution in [3.8, 4) is 0 Å². The minimum absolute atomic E-state index is 0.223. The molecule has 0 aromatic heterocycles. The molecular formula is C8H11BrO4. The van der Waals surface area contributed by atoms with Crippen molar-refractivity contribution >= 4 is 21.9 Å². The number of cyclic esters (lactones) is 1. The molecular weight excluding hydrogens is 240 g/mol. The molecule has 2 aliphatic rings. The molecule has 3 atom stereocenters. The zero-order chi connectivity index (χ0) is 9.64. The van der Waals surface area contributed by atoms with Gasteiger partial charge in [-0.15, -0.1) is 0 Å². The summed E-state index contributed by atoms with van der Waals surface area (Å²) in [6.07, 6.45) is -1.03. The average Bonchev–Trinajstić information content (AvgIpc) is 2.47. The number of ether oxygens (including phenoxy) is 3. The Kier molecular flexibility index (Phi) is 2.13. The first-order valence-corrected chi connectivity index (χ1v) is 5.28. The number of hydrogen-bond donors (Lipinski definition) is 0. The molecule has 13 heavy (non-hydrogen) atoms. The van der Waals surface area contributed by atoms with Crippen LogP contribution in [0.2, 0.25) is 0 Å². The molecule has 2 aliphatic heterocycles. The maximum atomic E-state index is 11.3. The van der Waals surface area contributed by atoms with E-state index in [0.29, 0.717) is 5.33 Å². The fraction of sp³-hybridized carbons (Fsp3) is 0.875. The molecule has 0 saturated carbocycles. The van der Waals surface area contributed by atoms with Gasteiger partial charge in [0.2, 0.25) is 0 Å². The summed E-state index contributed by atoms with van der Waals surface area (Å²) in [6, 6.07) is 0. The highest BCUT2D eigenvalue weighted by Crippen LogP contribution is 2.36. The van der Waals surface area contributed by atoms with E-state index in [4.69, 9.17) is 14.2 Å². The summed E-state index contributed by atoms with van der Waals surface area (Å²) in [6.45, 7) is 3.59. The lowest BCUT2D eigenvalue weighted by Gasteiger charge is -2.20. The summed E-state index contributed by atoms with van der Waals surface area (Å²) in [7, 11) is 0. The maximum Gasteiger partial charge on any atom is 0.338 e. The Morgan fingerprint density at radius 1 is 1.46 bits per heavy atom. The number of rotatable bonds is 1. The van der Waals surface area contributed by atoms with Gasteiger partial charge in [-0.2, -0.15) is 0 Å². The molecule has 0 aliphatic carbocycles. The van der Waals surface area contributed by atoms with Crippen molar-refractivity contribution in [1.29, 1.82) is 0 Å². The van der Waals surface area contributed by atoms with Crippen LogP contribution in [0.15, 0.2) is 0 Å². The minimum Gasteiger partial charge on any atom is -0.457 e. The Labute approximate surface area is 84.7 Å². The molecule has 0 bridgehead atoms. The molecule has 0 radical (unpaired) electrons. The van der Waals surface area contributed by atoms with Gasteiger partial charge < -0.3 is 14.2 Å². The summed E-state index contributed by atoms with van der Waals surface area (Å²) >= 11 is 3.26. The molecule has 0 spiro atoms. The van der Waals surface area contributed by atoms with Crippen molar-refractivity contribution in [2.75, 3.05) is 5.33 Å². The molecule has 0 aromatic carbocycles. The van der Waals surface area contributed by atoms with Crippen LogP contribution < -0.4 is 0 Å². The van der Waals surface area contributed by atoms with Gasteiger partial charge in [-0.1, -0.05) is 15.9 Å². The van der Waals surface area contributed by atoms with Crippen LogP contribution in [0.4, 0.5) is 0 Å². The summed E-state index contributed by atoms with van der Waals surface area (Å²) in [5.41, 5.74) is 0. The molecule has 0 amide bonds. The monoisotopic (exact) mass is 250 g/mol. The predicted octanol–water partition coefficient (Wildman–Crippen LogP) is 0.827. The topological polar surface area (TPSA) is 44.8 Å². The number of alkyl halides is 1. The number of halogens is 1. The number of esters is 1. The van der Waals surface area contributed by atoms with Crippen LogP contribution in [-0.2, 0) is 19.0 Å². The zero-order valence-electron chi connectivity index (χ0n) is 7.45. The fourth-order valence-corrected chi connectivity index (χ4v) is 2.15. The van der Waals surface area contributed by atoms with Gasteiger partial charge in [0.25, 0.3) is 0 Å². The van der Waals surface area contributed by atoms with E-state index < -0.39 is 11.9 Å². The zero-order valence-corrected chi connectivity index (χ0v) is 9.04. The predicted molar refractivity (Wildman–Crippen MR) is 47.5 cm³/mol. The summed E-state index contributed by atoms with van der Waals surface area (Å²) in [5.74, 6) is -0.991. The summed E-state index contributed by atoms with van der Waals surface area (Å²) < 4.78 is 16.0. The standard InChI is InChI=1S/C8H11BrO4/c1-8(2)12-5-4(3-9)11-7(10)6(5)13-8/h4-6H,3H2,1-2H3/t4-,5-,6-/m1/s1. The Hall–Kier alpha value is -0.130. The largest absolute Gasteiger partial charge is 0.457 e. The van der Waals surface area contributed by atoms with Gasteiger partial charge in [-0.25, -0.2) is 4.79 Å². The summed E-state index contributed by atoms with van der Waals surface area (Å²) in [5, 5.41) is 0.583. The van der Waals surface area contributed by atoms with E-state index in [0.717, 1.165) is 0 Å². The SMILES string of the molecule is CC1(C)O[C@@H]2[C@@H](CBr)OC(=O)[C@@H]2O1. The van der Waals surface area contributed by atoms with Crippen LogP contribution >= 0.6 is 15.9 Å². The lowest BCUT2D eigenvalue weighted by molar-refractivity contribution is -0.185. The van der Waals surface area contributed by atoms with E-state index in [1.807, 2.05) is 0 Å². The van der Waals surface area contributed by atoms with Gasteiger partial charge >= 0.3 is 5.97 Å². The van der Waals surface area contributed by atoms with E-state index in [-0.39, 0.29) is 18.2 Å². The molecule has 5 heteroatoms. The third-order valence-corrected chi connectivity index (χ3v) is 2.79. The molecule has 0 N–H and O–H groups in total. The Balaban J connectivity index is 2.17. The molecule has 2 fully saturated rings. The highest BCUT2D eigenvalue weighted by Gasteiger charge is 2.55. The van der Waals surface area contributed by atoms with Crippen molar-refractivity contribution in [2.45, 2.75) is 37.9 Å². The smallest absolute Gasteiger partial charge is 0.338 e. The molecule has 2 heterocycles. The lowest BCUT2D eigenvalue weighted by atomic mass is 10.2. The molecule has 74 valence electrons. The van der Waals surface area contributed by atoms with Crippen LogP contribution in [0.1, 0.15) is 13.8 Å². The number of fused-ring (bicyclic) bond motifs is 1. The van der Waals surface area contributed by atoms with Crippen molar-refractivity contribution < 1.29 is 19.0 Å². The Morgan fingerprint density at radius 2 is 2.15 bits per heavy atom. The number of hydrogen-bond acceptors (Lipinski definition) is 4. The van der Waals surface area contributed by atoms with Crippen molar-refractivity contribution in [3.63, 3.8) is 0 Å². The first-order valence-electron chi connectivity index (χ1n) is 4.15. The Morgan fingerprint density at radius 3 is 2.77 bits per heavy atom. The van der Waals surface area contributed by atoms with Gasteiger partial charge in [0.1, 0.15) is 12.2 Å². The number of carbonyl (C=O) groups excluding carboxylic acids is 1. The number of carbonyl (C=O) groups is 1. The second kappa shape index (κ2) is 2.93. The van der Waals surface area contributed by atoms with E-state index in [2.05, 4.69) is 15.9 Å². The second-order valence-electron chi connectivity index (χ2n) is 3.65. The molecule has 0 aromatic rings. The third kappa shape index (κ3) is 1.49. The maximum absolute atomic E-state index is 11.3. The molecule has 2 rings (SSSR count). The molecule has 4 nitrogen and oxygen atoms in total. The van der Waals surface area contributed by atoms with Crippen LogP contribution in [0, 0.1) is 0 Å². The van der Waals surface area contributed by atoms with E-state index in [1.165, 1.54) is 0 Å². The normalized spacial score (nSPS) is 41.8. The van der Waals surface area contributed by atoms with E-state index >= 15 is 0 Å². The quantitative estimate of drug-likeness (QED) is 0.511. The van der Waals surface area contributed by atoms with Crippen LogP contribution in [0.3, 0.4) is 0 Å². The van der Waals surface area contributed by atoms with Crippen LogP contribution in [0.25, 0.3) is 0 Å². The first kappa shape index (κ1) is 9.43.